The zero-order chi connectivity index (χ0) is 17.0. The molecule has 2 heterocycles. The minimum atomic E-state index is -3.62. The van der Waals surface area contributed by atoms with Crippen molar-refractivity contribution in [2.75, 3.05) is 33.7 Å². The van der Waals surface area contributed by atoms with E-state index in [9.17, 15) is 18.0 Å². The van der Waals surface area contributed by atoms with E-state index in [0.29, 0.717) is 13.1 Å². The van der Waals surface area contributed by atoms with Gasteiger partial charge in [0, 0.05) is 40.2 Å². The predicted octanol–water partition coefficient (Wildman–Crippen LogP) is 0.741. The van der Waals surface area contributed by atoms with Crippen molar-refractivity contribution < 1.29 is 18.0 Å². The van der Waals surface area contributed by atoms with Crippen molar-refractivity contribution in [1.82, 2.24) is 14.5 Å². The van der Waals surface area contributed by atoms with E-state index in [4.69, 9.17) is 0 Å². The van der Waals surface area contributed by atoms with Crippen LogP contribution in [0.5, 0.6) is 0 Å². The molecule has 0 unspecified atom stereocenters. The van der Waals surface area contributed by atoms with E-state index in [1.807, 2.05) is 0 Å². The van der Waals surface area contributed by atoms with Crippen LogP contribution in [0.2, 0.25) is 0 Å². The van der Waals surface area contributed by atoms with E-state index < -0.39 is 15.9 Å². The summed E-state index contributed by atoms with van der Waals surface area (Å²) in [4.78, 5) is 25.4. The summed E-state index contributed by atoms with van der Waals surface area (Å²) >= 11 is 1.10. The number of sulfonamides is 1. The van der Waals surface area contributed by atoms with Crippen LogP contribution in [-0.2, 0) is 14.8 Å². The van der Waals surface area contributed by atoms with E-state index in [1.165, 1.54) is 15.3 Å². The molecule has 1 aliphatic rings. The zero-order valence-electron chi connectivity index (χ0n) is 13.2. The highest BCUT2D eigenvalue weighted by Crippen LogP contribution is 2.27. The van der Waals surface area contributed by atoms with Gasteiger partial charge in [0.15, 0.2) is 0 Å². The zero-order valence-corrected chi connectivity index (χ0v) is 14.9. The fraction of sp³-hybridized carbons (Fsp3) is 0.571. The van der Waals surface area contributed by atoms with Gasteiger partial charge in [-0.1, -0.05) is 0 Å². The lowest BCUT2D eigenvalue weighted by Gasteiger charge is -2.15. The summed E-state index contributed by atoms with van der Waals surface area (Å²) in [5.74, 6) is -0.550. The molecule has 23 heavy (non-hydrogen) atoms. The lowest BCUT2D eigenvalue weighted by molar-refractivity contribution is -0.128. The normalized spacial score (nSPS) is 15.6. The van der Waals surface area contributed by atoms with Crippen molar-refractivity contribution >= 4 is 33.2 Å². The molecule has 1 aliphatic heterocycles. The number of carbonyl (C=O) groups is 2. The number of thiophene rings is 1. The van der Waals surface area contributed by atoms with Gasteiger partial charge in [-0.2, -0.15) is 4.31 Å². The van der Waals surface area contributed by atoms with Crippen molar-refractivity contribution in [3.05, 3.63) is 16.3 Å². The van der Waals surface area contributed by atoms with Crippen molar-refractivity contribution in [2.45, 2.75) is 24.2 Å². The van der Waals surface area contributed by atoms with E-state index >= 15 is 0 Å². The fourth-order valence-electron chi connectivity index (χ4n) is 2.32. The van der Waals surface area contributed by atoms with Gasteiger partial charge < -0.3 is 10.2 Å². The fourth-order valence-corrected chi connectivity index (χ4v) is 5.15. The SMILES string of the molecule is CN(C)C(=O)CCNC(=O)c1sccc1S(=O)(=O)N1CCCC1. The first-order chi connectivity index (χ1) is 10.8. The topological polar surface area (TPSA) is 86.8 Å². The van der Waals surface area contributed by atoms with E-state index in [1.54, 1.807) is 19.5 Å². The van der Waals surface area contributed by atoms with Gasteiger partial charge in [-0.25, -0.2) is 8.42 Å². The van der Waals surface area contributed by atoms with Crippen LogP contribution in [0, 0.1) is 0 Å². The summed E-state index contributed by atoms with van der Waals surface area (Å²) in [6, 6.07) is 1.47. The molecule has 7 nitrogen and oxygen atoms in total. The van der Waals surface area contributed by atoms with Gasteiger partial charge in [-0.3, -0.25) is 9.59 Å². The number of nitrogens with zero attached hydrogens (tertiary/aromatic N) is 2. The molecule has 2 rings (SSSR count). The number of hydrogen-bond donors (Lipinski definition) is 1. The molecule has 1 aromatic rings. The van der Waals surface area contributed by atoms with Crippen LogP contribution in [0.15, 0.2) is 16.3 Å². The number of rotatable bonds is 6. The Morgan fingerprint density at radius 2 is 1.96 bits per heavy atom. The lowest BCUT2D eigenvalue weighted by atomic mass is 10.3. The number of amides is 2. The first-order valence-electron chi connectivity index (χ1n) is 7.40. The molecule has 2 amide bonds. The summed E-state index contributed by atoms with van der Waals surface area (Å²) in [5.41, 5.74) is 0. The van der Waals surface area contributed by atoms with Gasteiger partial charge in [-0.15, -0.1) is 11.3 Å². The van der Waals surface area contributed by atoms with Crippen LogP contribution >= 0.6 is 11.3 Å². The van der Waals surface area contributed by atoms with Crippen molar-refractivity contribution in [2.24, 2.45) is 0 Å². The minimum Gasteiger partial charge on any atom is -0.351 e. The second-order valence-electron chi connectivity index (χ2n) is 5.52. The van der Waals surface area contributed by atoms with E-state index in [2.05, 4.69) is 5.32 Å². The van der Waals surface area contributed by atoms with Gasteiger partial charge in [0.2, 0.25) is 15.9 Å². The molecule has 9 heteroatoms. The Morgan fingerprint density at radius 3 is 2.57 bits per heavy atom. The molecule has 1 fully saturated rings. The highest BCUT2D eigenvalue weighted by Gasteiger charge is 2.31. The molecule has 0 aromatic carbocycles. The molecule has 0 aliphatic carbocycles. The van der Waals surface area contributed by atoms with Crippen LogP contribution in [-0.4, -0.2) is 63.2 Å². The highest BCUT2D eigenvalue weighted by molar-refractivity contribution is 7.89. The average molecular weight is 359 g/mol. The summed E-state index contributed by atoms with van der Waals surface area (Å²) < 4.78 is 26.6. The van der Waals surface area contributed by atoms with E-state index in [-0.39, 0.29) is 28.6 Å². The summed E-state index contributed by atoms with van der Waals surface area (Å²) in [5, 5.41) is 4.21. The van der Waals surface area contributed by atoms with Crippen molar-refractivity contribution in [1.29, 1.82) is 0 Å². The number of nitrogens with one attached hydrogen (secondary N) is 1. The molecule has 0 bridgehead atoms. The van der Waals surface area contributed by atoms with Gasteiger partial charge in [0.1, 0.15) is 9.77 Å². The van der Waals surface area contributed by atoms with Crippen LogP contribution in [0.1, 0.15) is 28.9 Å². The largest absolute Gasteiger partial charge is 0.351 e. The summed E-state index contributed by atoms with van der Waals surface area (Å²) in [6.07, 6.45) is 1.87. The third kappa shape index (κ3) is 4.10. The van der Waals surface area contributed by atoms with Gasteiger partial charge in [0.05, 0.1) is 0 Å². The maximum atomic E-state index is 12.6. The Labute approximate surface area is 140 Å². The maximum absolute atomic E-state index is 12.6. The first kappa shape index (κ1) is 17.9. The smallest absolute Gasteiger partial charge is 0.262 e. The highest BCUT2D eigenvalue weighted by atomic mass is 32.2. The lowest BCUT2D eigenvalue weighted by Crippen LogP contribution is -2.32. The molecule has 1 aromatic heterocycles. The maximum Gasteiger partial charge on any atom is 0.262 e. The molecule has 128 valence electrons. The molecule has 1 N–H and O–H groups in total. The molecule has 1 saturated heterocycles. The first-order valence-corrected chi connectivity index (χ1v) is 9.72. The van der Waals surface area contributed by atoms with Crippen LogP contribution in [0.25, 0.3) is 0 Å². The van der Waals surface area contributed by atoms with Crippen molar-refractivity contribution in [3.63, 3.8) is 0 Å². The minimum absolute atomic E-state index is 0.0563. The Morgan fingerprint density at radius 1 is 1.30 bits per heavy atom. The van der Waals surface area contributed by atoms with Crippen molar-refractivity contribution in [3.8, 4) is 0 Å². The molecular formula is C14H21N3O4S2. The third-order valence-electron chi connectivity index (χ3n) is 3.64. The Hall–Kier alpha value is -1.45. The molecular weight excluding hydrogens is 338 g/mol. The van der Waals surface area contributed by atoms with E-state index in [0.717, 1.165) is 24.2 Å². The predicted molar refractivity (Wildman–Crippen MR) is 88.0 cm³/mol. The average Bonchev–Trinajstić information content (AvgIpc) is 3.18. The Bertz CT molecular complexity index is 676. The number of hydrogen-bond acceptors (Lipinski definition) is 5. The van der Waals surface area contributed by atoms with Crippen LogP contribution in [0.3, 0.4) is 0 Å². The summed E-state index contributed by atoms with van der Waals surface area (Å²) in [7, 11) is -0.332. The monoisotopic (exact) mass is 359 g/mol. The Balaban J connectivity index is 2.05. The quantitative estimate of drug-likeness (QED) is 0.812. The molecule has 0 atom stereocenters. The second kappa shape index (κ2) is 7.41. The van der Waals surface area contributed by atoms with Crippen LogP contribution < -0.4 is 5.32 Å². The number of carbonyl (C=O) groups excluding carboxylic acids is 2. The van der Waals surface area contributed by atoms with Gasteiger partial charge in [0.25, 0.3) is 5.91 Å². The summed E-state index contributed by atoms with van der Waals surface area (Å²) in [6.45, 7) is 1.17. The Kier molecular flexibility index (Phi) is 5.77. The third-order valence-corrected chi connectivity index (χ3v) is 6.62. The van der Waals surface area contributed by atoms with Crippen LogP contribution in [0.4, 0.5) is 0 Å². The molecule has 0 spiro atoms. The standard InChI is InChI=1S/C14H21N3O4S2/c1-16(2)12(18)5-7-15-14(19)13-11(6-10-22-13)23(20,21)17-8-3-4-9-17/h6,10H,3-5,7-9H2,1-2H3,(H,15,19). The second-order valence-corrected chi connectivity index (χ2v) is 8.34. The van der Waals surface area contributed by atoms with Gasteiger partial charge in [-0.05, 0) is 24.3 Å². The van der Waals surface area contributed by atoms with Gasteiger partial charge >= 0.3 is 0 Å². The molecule has 0 saturated carbocycles. The molecule has 0 radical (unpaired) electrons.